The van der Waals surface area contributed by atoms with Gasteiger partial charge >= 0.3 is 0 Å². The molecule has 3 rings (SSSR count). The third-order valence-corrected chi connectivity index (χ3v) is 5.02. The monoisotopic (exact) mass is 323 g/mol. The standard InChI is InChI=1S/C15H18ClN3OS/c1-18-10-11(16)14(17-18)12-6-3-2-4-8-19(12)15(20)13-7-5-9-21-13/h5,7,9-10,12H,2-4,6,8H2,1H3/t12-/m0/s1. The maximum absolute atomic E-state index is 12.8. The Hall–Kier alpha value is -1.33. The van der Waals surface area contributed by atoms with Gasteiger partial charge in [0, 0.05) is 19.8 Å². The topological polar surface area (TPSA) is 38.1 Å². The molecule has 0 radical (unpaired) electrons. The van der Waals surface area contributed by atoms with Crippen LogP contribution in [0.4, 0.5) is 0 Å². The van der Waals surface area contributed by atoms with Crippen molar-refractivity contribution in [3.63, 3.8) is 0 Å². The van der Waals surface area contributed by atoms with Gasteiger partial charge in [0.1, 0.15) is 5.69 Å². The van der Waals surface area contributed by atoms with Gasteiger partial charge < -0.3 is 4.90 Å². The molecule has 0 unspecified atom stereocenters. The lowest BCUT2D eigenvalue weighted by atomic mass is 10.1. The molecule has 2 aromatic rings. The van der Waals surface area contributed by atoms with Crippen molar-refractivity contribution in [2.75, 3.05) is 6.54 Å². The van der Waals surface area contributed by atoms with E-state index in [1.165, 1.54) is 11.3 Å². The number of hydrogen-bond donors (Lipinski definition) is 0. The summed E-state index contributed by atoms with van der Waals surface area (Å²) in [5.41, 5.74) is 0.825. The maximum Gasteiger partial charge on any atom is 0.264 e. The first kappa shape index (κ1) is 14.6. The van der Waals surface area contributed by atoms with Crippen molar-refractivity contribution in [3.8, 4) is 0 Å². The second-order valence-corrected chi connectivity index (χ2v) is 6.73. The first-order valence-electron chi connectivity index (χ1n) is 7.20. The van der Waals surface area contributed by atoms with Gasteiger partial charge in [-0.3, -0.25) is 9.48 Å². The van der Waals surface area contributed by atoms with Gasteiger partial charge in [-0.05, 0) is 24.3 Å². The van der Waals surface area contributed by atoms with E-state index in [2.05, 4.69) is 5.10 Å². The van der Waals surface area contributed by atoms with Crippen LogP contribution in [-0.2, 0) is 7.05 Å². The minimum absolute atomic E-state index is 0.0178. The first-order valence-corrected chi connectivity index (χ1v) is 8.46. The molecule has 1 atom stereocenters. The van der Waals surface area contributed by atoms with Gasteiger partial charge in [-0.25, -0.2) is 0 Å². The van der Waals surface area contributed by atoms with Crippen LogP contribution in [0.25, 0.3) is 0 Å². The predicted octanol–water partition coefficient (Wildman–Crippen LogP) is 3.89. The molecule has 1 aliphatic heterocycles. The fourth-order valence-electron chi connectivity index (χ4n) is 2.88. The van der Waals surface area contributed by atoms with Crippen LogP contribution in [-0.4, -0.2) is 27.1 Å². The minimum Gasteiger partial charge on any atom is -0.329 e. The lowest BCUT2D eigenvalue weighted by Gasteiger charge is -2.28. The Kier molecular flexibility index (Phi) is 4.31. The second kappa shape index (κ2) is 6.20. The number of thiophene rings is 1. The molecule has 1 amide bonds. The number of carbonyl (C=O) groups excluding carboxylic acids is 1. The number of nitrogens with zero attached hydrogens (tertiary/aromatic N) is 3. The summed E-state index contributed by atoms with van der Waals surface area (Å²) in [6.45, 7) is 0.772. The van der Waals surface area contributed by atoms with Crippen LogP contribution in [0.2, 0.25) is 5.02 Å². The molecule has 21 heavy (non-hydrogen) atoms. The summed E-state index contributed by atoms with van der Waals surface area (Å²) in [7, 11) is 1.86. The molecule has 3 heterocycles. The van der Waals surface area contributed by atoms with E-state index in [0.717, 1.165) is 42.8 Å². The van der Waals surface area contributed by atoms with Crippen molar-refractivity contribution in [2.24, 2.45) is 7.05 Å². The zero-order valence-electron chi connectivity index (χ0n) is 12.0. The van der Waals surface area contributed by atoms with Gasteiger partial charge in [-0.1, -0.05) is 30.5 Å². The summed E-state index contributed by atoms with van der Waals surface area (Å²) in [6.07, 6.45) is 6.02. The zero-order chi connectivity index (χ0) is 14.8. The van der Waals surface area contributed by atoms with Crippen molar-refractivity contribution < 1.29 is 4.79 Å². The number of carbonyl (C=O) groups is 1. The van der Waals surface area contributed by atoms with Crippen molar-refractivity contribution in [2.45, 2.75) is 31.7 Å². The second-order valence-electron chi connectivity index (χ2n) is 5.38. The van der Waals surface area contributed by atoms with Gasteiger partial charge in [-0.15, -0.1) is 11.3 Å². The molecule has 1 saturated heterocycles. The number of aryl methyl sites for hydroxylation is 1. The summed E-state index contributed by atoms with van der Waals surface area (Å²) < 4.78 is 1.72. The highest BCUT2D eigenvalue weighted by Crippen LogP contribution is 2.34. The Balaban J connectivity index is 1.94. The van der Waals surface area contributed by atoms with Crippen LogP contribution >= 0.6 is 22.9 Å². The van der Waals surface area contributed by atoms with E-state index in [1.807, 2.05) is 29.5 Å². The molecule has 1 fully saturated rings. The number of aromatic nitrogens is 2. The van der Waals surface area contributed by atoms with Gasteiger partial charge in [-0.2, -0.15) is 5.10 Å². The molecule has 0 aliphatic carbocycles. The summed E-state index contributed by atoms with van der Waals surface area (Å²) in [5.74, 6) is 0.0959. The van der Waals surface area contributed by atoms with Crippen LogP contribution in [0, 0.1) is 0 Å². The Bertz CT molecular complexity index is 623. The number of halogens is 1. The molecule has 1 aliphatic rings. The van der Waals surface area contributed by atoms with E-state index in [9.17, 15) is 4.79 Å². The average Bonchev–Trinajstić information content (AvgIpc) is 3.02. The van der Waals surface area contributed by atoms with Crippen LogP contribution < -0.4 is 0 Å². The largest absolute Gasteiger partial charge is 0.329 e. The SMILES string of the molecule is Cn1cc(Cl)c([C@@H]2CCCCCN2C(=O)c2cccs2)n1. The van der Waals surface area contributed by atoms with Gasteiger partial charge in [0.15, 0.2) is 0 Å². The van der Waals surface area contributed by atoms with Gasteiger partial charge in [0.05, 0.1) is 15.9 Å². The van der Waals surface area contributed by atoms with Gasteiger partial charge in [0.25, 0.3) is 5.91 Å². The third-order valence-electron chi connectivity index (χ3n) is 3.87. The summed E-state index contributed by atoms with van der Waals surface area (Å²) >= 11 is 7.80. The Morgan fingerprint density at radius 1 is 1.43 bits per heavy atom. The zero-order valence-corrected chi connectivity index (χ0v) is 13.5. The highest BCUT2D eigenvalue weighted by molar-refractivity contribution is 7.12. The average molecular weight is 324 g/mol. The molecule has 4 nitrogen and oxygen atoms in total. The van der Waals surface area contributed by atoms with Crippen LogP contribution in [0.3, 0.4) is 0 Å². The van der Waals surface area contributed by atoms with E-state index >= 15 is 0 Å². The molecule has 0 N–H and O–H groups in total. The third kappa shape index (κ3) is 2.99. The van der Waals surface area contributed by atoms with E-state index in [0.29, 0.717) is 5.02 Å². The van der Waals surface area contributed by atoms with E-state index in [4.69, 9.17) is 11.6 Å². The Morgan fingerprint density at radius 2 is 2.29 bits per heavy atom. The number of rotatable bonds is 2. The summed E-state index contributed by atoms with van der Waals surface area (Å²) in [5, 5.41) is 7.07. The Morgan fingerprint density at radius 3 is 2.95 bits per heavy atom. The van der Waals surface area contributed by atoms with Crippen LogP contribution in [0.1, 0.15) is 47.1 Å². The molecule has 0 spiro atoms. The first-order chi connectivity index (χ1) is 10.2. The summed E-state index contributed by atoms with van der Waals surface area (Å²) in [6, 6.07) is 3.78. The quantitative estimate of drug-likeness (QED) is 0.841. The molecular weight excluding hydrogens is 306 g/mol. The minimum atomic E-state index is -0.0178. The maximum atomic E-state index is 12.8. The van der Waals surface area contributed by atoms with Crippen molar-refractivity contribution in [1.82, 2.24) is 14.7 Å². The lowest BCUT2D eigenvalue weighted by Crippen LogP contribution is -2.34. The summed E-state index contributed by atoms with van der Waals surface area (Å²) in [4.78, 5) is 15.5. The van der Waals surface area contributed by atoms with E-state index in [1.54, 1.807) is 10.9 Å². The van der Waals surface area contributed by atoms with Crippen LogP contribution in [0.5, 0.6) is 0 Å². The molecule has 0 aromatic carbocycles. The van der Waals surface area contributed by atoms with E-state index < -0.39 is 0 Å². The highest BCUT2D eigenvalue weighted by Gasteiger charge is 2.31. The smallest absolute Gasteiger partial charge is 0.264 e. The lowest BCUT2D eigenvalue weighted by molar-refractivity contribution is 0.0681. The Labute approximate surface area is 133 Å². The molecule has 112 valence electrons. The molecular formula is C15H18ClN3OS. The number of amides is 1. The van der Waals surface area contributed by atoms with Crippen molar-refractivity contribution in [1.29, 1.82) is 0 Å². The molecule has 0 saturated carbocycles. The fraction of sp³-hybridized carbons (Fsp3) is 0.467. The predicted molar refractivity (Wildman–Crippen MR) is 84.8 cm³/mol. The number of likely N-dealkylation sites (tertiary alicyclic amines) is 1. The van der Waals surface area contributed by atoms with Crippen molar-refractivity contribution >= 4 is 28.8 Å². The highest BCUT2D eigenvalue weighted by atomic mass is 35.5. The number of hydrogen-bond acceptors (Lipinski definition) is 3. The van der Waals surface area contributed by atoms with Crippen molar-refractivity contribution in [3.05, 3.63) is 39.3 Å². The molecule has 6 heteroatoms. The van der Waals surface area contributed by atoms with E-state index in [-0.39, 0.29) is 11.9 Å². The van der Waals surface area contributed by atoms with Gasteiger partial charge in [0.2, 0.25) is 0 Å². The fourth-order valence-corrected chi connectivity index (χ4v) is 3.86. The van der Waals surface area contributed by atoms with Crippen LogP contribution in [0.15, 0.2) is 23.7 Å². The molecule has 0 bridgehead atoms. The molecule has 2 aromatic heterocycles. The normalized spacial score (nSPS) is 19.5.